The Morgan fingerprint density at radius 2 is 1.00 bits per heavy atom. The number of piperazine rings is 2. The molecule has 3 aliphatic rings. The van der Waals surface area contributed by atoms with Crippen LogP contribution < -0.4 is 0 Å². The van der Waals surface area contributed by atoms with E-state index in [1.807, 2.05) is 9.80 Å². The molecular formula is C15H26N4O2. The van der Waals surface area contributed by atoms with Gasteiger partial charge in [-0.25, -0.2) is 0 Å². The molecule has 0 spiro atoms. The van der Waals surface area contributed by atoms with E-state index in [1.54, 1.807) is 0 Å². The van der Waals surface area contributed by atoms with Gasteiger partial charge in [0.05, 0.1) is 0 Å². The molecule has 0 atom stereocenters. The summed E-state index contributed by atoms with van der Waals surface area (Å²) in [6.07, 6.45) is 1.48. The van der Waals surface area contributed by atoms with Crippen LogP contribution in [0.4, 0.5) is 0 Å². The van der Waals surface area contributed by atoms with Gasteiger partial charge in [-0.15, -0.1) is 0 Å². The Labute approximate surface area is 126 Å². The molecule has 0 aromatic heterocycles. The van der Waals surface area contributed by atoms with Crippen molar-refractivity contribution in [3.63, 3.8) is 0 Å². The van der Waals surface area contributed by atoms with Gasteiger partial charge in [0.1, 0.15) is 5.41 Å². The van der Waals surface area contributed by atoms with Crippen LogP contribution in [0.15, 0.2) is 0 Å². The van der Waals surface area contributed by atoms with Crippen molar-refractivity contribution >= 4 is 11.8 Å². The largest absolute Gasteiger partial charge is 0.339 e. The van der Waals surface area contributed by atoms with E-state index < -0.39 is 5.41 Å². The maximum Gasteiger partial charge on any atom is 0.238 e. The van der Waals surface area contributed by atoms with Gasteiger partial charge in [0, 0.05) is 52.4 Å². The Hall–Kier alpha value is -1.14. The number of hydrogen-bond donors (Lipinski definition) is 0. The Morgan fingerprint density at radius 1 is 0.667 bits per heavy atom. The van der Waals surface area contributed by atoms with Gasteiger partial charge < -0.3 is 19.6 Å². The van der Waals surface area contributed by atoms with Gasteiger partial charge in [-0.05, 0) is 26.9 Å². The summed E-state index contributed by atoms with van der Waals surface area (Å²) in [7, 11) is 4.15. The number of rotatable bonds is 2. The molecule has 2 amide bonds. The van der Waals surface area contributed by atoms with Crippen LogP contribution in [0.1, 0.15) is 12.8 Å². The van der Waals surface area contributed by atoms with Gasteiger partial charge in [0.15, 0.2) is 0 Å². The second-order valence-corrected chi connectivity index (χ2v) is 6.77. The van der Waals surface area contributed by atoms with E-state index >= 15 is 0 Å². The lowest BCUT2D eigenvalue weighted by Gasteiger charge is -2.37. The third-order valence-electron chi connectivity index (χ3n) is 5.15. The molecule has 2 aliphatic heterocycles. The Morgan fingerprint density at radius 3 is 1.29 bits per heavy atom. The first kappa shape index (κ1) is 14.8. The van der Waals surface area contributed by atoms with Crippen LogP contribution in [0.2, 0.25) is 0 Å². The van der Waals surface area contributed by atoms with Gasteiger partial charge in [-0.3, -0.25) is 9.59 Å². The molecule has 3 rings (SSSR count). The molecule has 0 aromatic carbocycles. The summed E-state index contributed by atoms with van der Waals surface area (Å²) < 4.78 is 0. The molecule has 0 N–H and O–H groups in total. The van der Waals surface area contributed by atoms with Crippen LogP contribution in [0, 0.1) is 5.41 Å². The molecule has 6 heteroatoms. The average molecular weight is 294 g/mol. The standard InChI is InChI=1S/C15H26N4O2/c1-16-5-9-18(10-6-16)13(20)15(3-4-15)14(21)19-11-7-17(2)8-12-19/h3-12H2,1-2H3. The van der Waals surface area contributed by atoms with Crippen LogP contribution in [-0.4, -0.2) is 97.9 Å². The van der Waals surface area contributed by atoms with Gasteiger partial charge in [0.2, 0.25) is 11.8 Å². The normalized spacial score (nSPS) is 26.8. The highest BCUT2D eigenvalue weighted by molar-refractivity contribution is 6.07. The van der Waals surface area contributed by atoms with E-state index in [-0.39, 0.29) is 11.8 Å². The Bertz CT molecular complexity index is 383. The fourth-order valence-electron chi connectivity index (χ4n) is 3.27. The van der Waals surface area contributed by atoms with Crippen molar-refractivity contribution in [1.82, 2.24) is 19.6 Å². The van der Waals surface area contributed by atoms with Crippen molar-refractivity contribution < 1.29 is 9.59 Å². The maximum atomic E-state index is 12.8. The quantitative estimate of drug-likeness (QED) is 0.633. The van der Waals surface area contributed by atoms with Gasteiger partial charge in [0.25, 0.3) is 0 Å². The zero-order valence-corrected chi connectivity index (χ0v) is 13.2. The number of amides is 2. The first-order valence-electron chi connectivity index (χ1n) is 7.99. The van der Waals surface area contributed by atoms with Crippen molar-refractivity contribution in [2.24, 2.45) is 5.41 Å². The van der Waals surface area contributed by atoms with Crippen LogP contribution >= 0.6 is 0 Å². The molecule has 1 saturated carbocycles. The lowest BCUT2D eigenvalue weighted by molar-refractivity contribution is -0.151. The molecule has 3 fully saturated rings. The maximum absolute atomic E-state index is 12.8. The zero-order valence-electron chi connectivity index (χ0n) is 13.2. The summed E-state index contributed by atoms with van der Waals surface area (Å²) in [4.78, 5) is 33.8. The summed E-state index contributed by atoms with van der Waals surface area (Å²) in [6, 6.07) is 0. The lowest BCUT2D eigenvalue weighted by Crippen LogP contribution is -2.55. The molecular weight excluding hydrogens is 268 g/mol. The number of nitrogens with zero attached hydrogens (tertiary/aromatic N) is 4. The lowest BCUT2D eigenvalue weighted by atomic mass is 10.0. The zero-order chi connectivity index (χ0) is 15.0. The van der Waals surface area contributed by atoms with Crippen molar-refractivity contribution in [1.29, 1.82) is 0 Å². The van der Waals surface area contributed by atoms with Crippen molar-refractivity contribution in [2.75, 3.05) is 66.5 Å². The van der Waals surface area contributed by atoms with Crippen molar-refractivity contribution in [3.05, 3.63) is 0 Å². The smallest absolute Gasteiger partial charge is 0.238 e. The van der Waals surface area contributed by atoms with E-state index in [9.17, 15) is 9.59 Å². The number of hydrogen-bond acceptors (Lipinski definition) is 4. The molecule has 118 valence electrons. The first-order valence-corrected chi connectivity index (χ1v) is 7.99. The summed E-state index contributed by atoms with van der Waals surface area (Å²) in [5.74, 6) is 0.166. The molecule has 0 aromatic rings. The minimum Gasteiger partial charge on any atom is -0.339 e. The third-order valence-corrected chi connectivity index (χ3v) is 5.15. The molecule has 2 saturated heterocycles. The minimum atomic E-state index is -0.703. The molecule has 0 bridgehead atoms. The van der Waals surface area contributed by atoms with Crippen molar-refractivity contribution in [2.45, 2.75) is 12.8 Å². The monoisotopic (exact) mass is 294 g/mol. The Kier molecular flexibility index (Phi) is 3.92. The van der Waals surface area contributed by atoms with E-state index in [4.69, 9.17) is 0 Å². The number of likely N-dealkylation sites (N-methyl/N-ethyl adjacent to an activating group) is 2. The topological polar surface area (TPSA) is 47.1 Å². The molecule has 2 heterocycles. The minimum absolute atomic E-state index is 0.0829. The summed E-state index contributed by atoms with van der Waals surface area (Å²) in [6.45, 7) is 6.66. The fourth-order valence-corrected chi connectivity index (χ4v) is 3.27. The van der Waals surface area contributed by atoms with E-state index in [0.717, 1.165) is 65.2 Å². The second kappa shape index (κ2) is 5.57. The van der Waals surface area contributed by atoms with E-state index in [2.05, 4.69) is 23.9 Å². The van der Waals surface area contributed by atoms with Crippen LogP contribution in [0.25, 0.3) is 0 Å². The number of carbonyl (C=O) groups is 2. The molecule has 0 radical (unpaired) electrons. The summed E-state index contributed by atoms with van der Waals surface area (Å²) in [5, 5.41) is 0. The van der Waals surface area contributed by atoms with Gasteiger partial charge >= 0.3 is 0 Å². The predicted octanol–water partition coefficient (Wildman–Crippen LogP) is -0.685. The van der Waals surface area contributed by atoms with Crippen LogP contribution in [0.5, 0.6) is 0 Å². The predicted molar refractivity (Wildman–Crippen MR) is 79.8 cm³/mol. The highest BCUT2D eigenvalue weighted by atomic mass is 16.2. The SMILES string of the molecule is CN1CCN(C(=O)C2(C(=O)N3CCN(C)CC3)CC2)CC1. The fraction of sp³-hybridized carbons (Fsp3) is 0.867. The molecule has 1 aliphatic carbocycles. The molecule has 21 heavy (non-hydrogen) atoms. The highest BCUT2D eigenvalue weighted by Gasteiger charge is 2.59. The van der Waals surface area contributed by atoms with Gasteiger partial charge in [-0.1, -0.05) is 0 Å². The van der Waals surface area contributed by atoms with Crippen LogP contribution in [0.3, 0.4) is 0 Å². The molecule has 6 nitrogen and oxygen atoms in total. The third kappa shape index (κ3) is 2.79. The first-order chi connectivity index (χ1) is 10.0. The van der Waals surface area contributed by atoms with E-state index in [1.165, 1.54) is 0 Å². The van der Waals surface area contributed by atoms with Crippen molar-refractivity contribution in [3.8, 4) is 0 Å². The second-order valence-electron chi connectivity index (χ2n) is 6.77. The van der Waals surface area contributed by atoms with Crippen LogP contribution in [-0.2, 0) is 9.59 Å². The molecule has 0 unspecified atom stereocenters. The number of carbonyl (C=O) groups excluding carboxylic acids is 2. The Balaban J connectivity index is 1.63. The van der Waals surface area contributed by atoms with E-state index in [0.29, 0.717) is 0 Å². The highest BCUT2D eigenvalue weighted by Crippen LogP contribution is 2.49. The van der Waals surface area contributed by atoms with Gasteiger partial charge in [-0.2, -0.15) is 0 Å². The summed E-state index contributed by atoms with van der Waals surface area (Å²) in [5.41, 5.74) is -0.703. The average Bonchev–Trinajstić information content (AvgIpc) is 3.29. The summed E-state index contributed by atoms with van der Waals surface area (Å²) >= 11 is 0.